The van der Waals surface area contributed by atoms with E-state index in [2.05, 4.69) is 144 Å². The Bertz CT molecular complexity index is 1160. The van der Waals surface area contributed by atoms with Gasteiger partial charge < -0.3 is 19.6 Å². The predicted octanol–water partition coefficient (Wildman–Crippen LogP) is 8.82. The fourth-order valence-electron chi connectivity index (χ4n) is 6.31. The average molecular weight is 589 g/mol. The molecule has 0 amide bonds. The van der Waals surface area contributed by atoms with E-state index in [0.29, 0.717) is 0 Å². The molecule has 4 nitrogen and oxygen atoms in total. The molecule has 1 aliphatic heterocycles. The SMILES string of the molecule is Cc1ccc(N2CCCN(c3ccc(C)cc3)CCCN(c3ccc(C)cc3)CCCN(c3ccc(C)cc3)CCC2)cc1. The Kier molecular flexibility index (Phi) is 11.2. The maximum absolute atomic E-state index is 2.62. The number of rotatable bonds is 4. The molecule has 0 atom stereocenters. The van der Waals surface area contributed by atoms with E-state index < -0.39 is 0 Å². The molecule has 44 heavy (non-hydrogen) atoms. The van der Waals surface area contributed by atoms with Gasteiger partial charge in [-0.2, -0.15) is 0 Å². The van der Waals surface area contributed by atoms with Crippen LogP contribution in [0, 0.1) is 27.7 Å². The van der Waals surface area contributed by atoms with Crippen LogP contribution in [0.2, 0.25) is 0 Å². The van der Waals surface area contributed by atoms with E-state index in [1.165, 1.54) is 45.0 Å². The molecule has 1 fully saturated rings. The van der Waals surface area contributed by atoms with Crippen molar-refractivity contribution in [3.05, 3.63) is 119 Å². The second-order valence-electron chi connectivity index (χ2n) is 12.7. The Hall–Kier alpha value is -3.92. The number of anilines is 4. The van der Waals surface area contributed by atoms with Gasteiger partial charge in [-0.15, -0.1) is 0 Å². The van der Waals surface area contributed by atoms with Crippen LogP contribution in [-0.2, 0) is 0 Å². The molecule has 5 rings (SSSR count). The lowest BCUT2D eigenvalue weighted by atomic mass is 10.1. The van der Waals surface area contributed by atoms with Gasteiger partial charge in [-0.1, -0.05) is 70.8 Å². The summed E-state index contributed by atoms with van der Waals surface area (Å²) in [5.74, 6) is 0. The van der Waals surface area contributed by atoms with Crippen LogP contribution in [0.25, 0.3) is 0 Å². The van der Waals surface area contributed by atoms with E-state index >= 15 is 0 Å². The first-order chi connectivity index (χ1) is 21.4. The maximum atomic E-state index is 2.62. The van der Waals surface area contributed by atoms with Crippen molar-refractivity contribution >= 4 is 22.7 Å². The van der Waals surface area contributed by atoms with Crippen molar-refractivity contribution in [1.82, 2.24) is 0 Å². The molecular formula is C40H52N4. The van der Waals surface area contributed by atoms with E-state index in [0.717, 1.165) is 78.0 Å². The third-order valence-electron chi connectivity index (χ3n) is 9.02. The van der Waals surface area contributed by atoms with Crippen LogP contribution in [0.3, 0.4) is 0 Å². The minimum Gasteiger partial charge on any atom is -0.371 e. The van der Waals surface area contributed by atoms with E-state index in [-0.39, 0.29) is 0 Å². The highest BCUT2D eigenvalue weighted by molar-refractivity contribution is 5.51. The zero-order valence-corrected chi connectivity index (χ0v) is 27.5. The van der Waals surface area contributed by atoms with Gasteiger partial charge in [0, 0.05) is 75.1 Å². The summed E-state index contributed by atoms with van der Waals surface area (Å²) in [5, 5.41) is 0. The van der Waals surface area contributed by atoms with Gasteiger partial charge in [0.05, 0.1) is 0 Å². The molecule has 1 saturated heterocycles. The van der Waals surface area contributed by atoms with Gasteiger partial charge in [0.2, 0.25) is 0 Å². The molecule has 0 saturated carbocycles. The number of nitrogens with zero attached hydrogens (tertiary/aromatic N) is 4. The molecule has 4 heteroatoms. The van der Waals surface area contributed by atoms with Gasteiger partial charge in [0.25, 0.3) is 0 Å². The third-order valence-corrected chi connectivity index (χ3v) is 9.02. The highest BCUT2D eigenvalue weighted by atomic mass is 15.2. The van der Waals surface area contributed by atoms with Gasteiger partial charge in [0.15, 0.2) is 0 Å². The number of hydrogen-bond donors (Lipinski definition) is 0. The van der Waals surface area contributed by atoms with Crippen LogP contribution in [0.5, 0.6) is 0 Å². The molecule has 1 heterocycles. The van der Waals surface area contributed by atoms with Gasteiger partial charge in [0.1, 0.15) is 0 Å². The Labute approximate surface area is 266 Å². The van der Waals surface area contributed by atoms with Gasteiger partial charge in [-0.05, 0) is 102 Å². The van der Waals surface area contributed by atoms with E-state index in [1.54, 1.807) is 0 Å². The van der Waals surface area contributed by atoms with Crippen molar-refractivity contribution in [2.75, 3.05) is 72.0 Å². The Balaban J connectivity index is 1.38. The van der Waals surface area contributed by atoms with Gasteiger partial charge in [-0.3, -0.25) is 0 Å². The minimum atomic E-state index is 1.06. The minimum absolute atomic E-state index is 1.06. The molecular weight excluding hydrogens is 536 g/mol. The zero-order chi connectivity index (χ0) is 30.7. The number of hydrogen-bond acceptors (Lipinski definition) is 4. The summed E-state index contributed by atoms with van der Waals surface area (Å²) in [4.78, 5) is 10.5. The van der Waals surface area contributed by atoms with Crippen molar-refractivity contribution in [2.45, 2.75) is 53.4 Å². The quantitative estimate of drug-likeness (QED) is 0.236. The largest absolute Gasteiger partial charge is 0.371 e. The fraction of sp³-hybridized carbons (Fsp3) is 0.400. The standard InChI is InChI=1S/C40H52N4/c1-33-9-17-37(18-10-33)41-25-5-27-42(38-19-11-34(2)12-20-38)29-7-31-44(40-23-15-36(4)16-24-40)32-8-30-43(28-6-26-41)39-21-13-35(3)14-22-39/h9-24H,5-8,25-32H2,1-4H3. The second kappa shape index (κ2) is 15.7. The number of benzene rings is 4. The van der Waals surface area contributed by atoms with Crippen molar-refractivity contribution in [2.24, 2.45) is 0 Å². The van der Waals surface area contributed by atoms with E-state index in [4.69, 9.17) is 0 Å². The lowest BCUT2D eigenvalue weighted by Crippen LogP contribution is -2.36. The Morgan fingerprint density at radius 3 is 0.591 bits per heavy atom. The normalized spacial score (nSPS) is 16.3. The highest BCUT2D eigenvalue weighted by Crippen LogP contribution is 2.22. The first-order valence-corrected chi connectivity index (χ1v) is 16.7. The molecule has 0 N–H and O–H groups in total. The average Bonchev–Trinajstić information content (AvgIpc) is 3.03. The van der Waals surface area contributed by atoms with Crippen molar-refractivity contribution in [3.8, 4) is 0 Å². The van der Waals surface area contributed by atoms with Crippen LogP contribution in [0.1, 0.15) is 47.9 Å². The summed E-state index contributed by atoms with van der Waals surface area (Å²) in [6.07, 6.45) is 4.52. The summed E-state index contributed by atoms with van der Waals surface area (Å²) >= 11 is 0. The Morgan fingerprint density at radius 1 is 0.273 bits per heavy atom. The molecule has 0 spiro atoms. The third kappa shape index (κ3) is 9.05. The van der Waals surface area contributed by atoms with Crippen LogP contribution in [0.4, 0.5) is 22.7 Å². The lowest BCUT2D eigenvalue weighted by molar-refractivity contribution is 0.618. The van der Waals surface area contributed by atoms with Crippen molar-refractivity contribution in [3.63, 3.8) is 0 Å². The van der Waals surface area contributed by atoms with Crippen molar-refractivity contribution < 1.29 is 0 Å². The fourth-order valence-corrected chi connectivity index (χ4v) is 6.31. The summed E-state index contributed by atoms with van der Waals surface area (Å²) in [7, 11) is 0. The summed E-state index contributed by atoms with van der Waals surface area (Å²) in [6.45, 7) is 17.2. The van der Waals surface area contributed by atoms with E-state index in [1.807, 2.05) is 0 Å². The van der Waals surface area contributed by atoms with E-state index in [9.17, 15) is 0 Å². The molecule has 0 bridgehead atoms. The van der Waals surface area contributed by atoms with Crippen LogP contribution < -0.4 is 19.6 Å². The monoisotopic (exact) mass is 588 g/mol. The topological polar surface area (TPSA) is 13.0 Å². The first-order valence-electron chi connectivity index (χ1n) is 16.7. The zero-order valence-electron chi connectivity index (χ0n) is 27.5. The maximum Gasteiger partial charge on any atom is 0.0366 e. The molecule has 0 unspecified atom stereocenters. The van der Waals surface area contributed by atoms with Crippen LogP contribution >= 0.6 is 0 Å². The predicted molar refractivity (Wildman–Crippen MR) is 192 cm³/mol. The summed E-state index contributed by atoms with van der Waals surface area (Å²) in [5.41, 5.74) is 10.6. The summed E-state index contributed by atoms with van der Waals surface area (Å²) < 4.78 is 0. The molecule has 232 valence electrons. The first kappa shape index (κ1) is 31.5. The smallest absolute Gasteiger partial charge is 0.0366 e. The molecule has 0 radical (unpaired) electrons. The molecule has 4 aromatic carbocycles. The Morgan fingerprint density at radius 2 is 0.432 bits per heavy atom. The van der Waals surface area contributed by atoms with Crippen LogP contribution in [0.15, 0.2) is 97.1 Å². The van der Waals surface area contributed by atoms with Gasteiger partial charge >= 0.3 is 0 Å². The van der Waals surface area contributed by atoms with Crippen LogP contribution in [-0.4, -0.2) is 52.4 Å². The molecule has 0 aliphatic carbocycles. The summed E-state index contributed by atoms with van der Waals surface area (Å²) in [6, 6.07) is 36.5. The van der Waals surface area contributed by atoms with Crippen molar-refractivity contribution in [1.29, 1.82) is 0 Å². The highest BCUT2D eigenvalue weighted by Gasteiger charge is 2.15. The lowest BCUT2D eigenvalue weighted by Gasteiger charge is -2.33. The molecule has 1 aliphatic rings. The van der Waals surface area contributed by atoms with Gasteiger partial charge in [-0.25, -0.2) is 0 Å². The second-order valence-corrected chi connectivity index (χ2v) is 12.7. The molecule has 0 aromatic heterocycles. The molecule has 4 aromatic rings. The number of aryl methyl sites for hydroxylation is 4.